The summed E-state index contributed by atoms with van der Waals surface area (Å²) in [6.45, 7) is 0.672. The first-order valence-corrected chi connectivity index (χ1v) is 9.66. The van der Waals surface area contributed by atoms with Gasteiger partial charge in [0.25, 0.3) is 5.69 Å². The smallest absolute Gasteiger partial charge is 0.273 e. The molecule has 1 heterocycles. The van der Waals surface area contributed by atoms with Gasteiger partial charge in [0, 0.05) is 23.9 Å². The van der Waals surface area contributed by atoms with Crippen molar-refractivity contribution in [1.29, 1.82) is 0 Å². The van der Waals surface area contributed by atoms with Crippen LogP contribution in [0, 0.1) is 10.1 Å². The Morgan fingerprint density at radius 3 is 2.68 bits per heavy atom. The van der Waals surface area contributed by atoms with Crippen molar-refractivity contribution >= 4 is 29.1 Å². The average Bonchev–Trinajstić information content (AvgIpc) is 3.05. The SMILES string of the molecule is Cn1c(COc2ccc(Cl)cc2)nnc1SCCOc1cccc([N+](=O)[O-])c1. The maximum Gasteiger partial charge on any atom is 0.273 e. The van der Waals surface area contributed by atoms with E-state index in [4.69, 9.17) is 21.1 Å². The van der Waals surface area contributed by atoms with E-state index in [2.05, 4.69) is 10.2 Å². The Hall–Kier alpha value is -2.78. The summed E-state index contributed by atoms with van der Waals surface area (Å²) in [6.07, 6.45) is 0. The van der Waals surface area contributed by atoms with Crippen molar-refractivity contribution in [2.45, 2.75) is 11.8 Å². The van der Waals surface area contributed by atoms with Gasteiger partial charge < -0.3 is 14.0 Å². The van der Waals surface area contributed by atoms with Gasteiger partial charge >= 0.3 is 0 Å². The molecule has 0 aliphatic heterocycles. The van der Waals surface area contributed by atoms with E-state index in [1.807, 2.05) is 11.6 Å². The minimum absolute atomic E-state index is 0.00350. The Bertz CT molecular complexity index is 949. The number of non-ortho nitro benzene ring substituents is 1. The zero-order valence-corrected chi connectivity index (χ0v) is 16.5. The molecule has 10 heteroatoms. The summed E-state index contributed by atoms with van der Waals surface area (Å²) in [5.41, 5.74) is 0.00350. The van der Waals surface area contributed by atoms with Gasteiger partial charge in [-0.05, 0) is 30.3 Å². The topological polar surface area (TPSA) is 92.3 Å². The minimum Gasteiger partial charge on any atom is -0.492 e. The van der Waals surface area contributed by atoms with Gasteiger partial charge in [0.15, 0.2) is 11.0 Å². The predicted molar refractivity (Wildman–Crippen MR) is 106 cm³/mol. The van der Waals surface area contributed by atoms with E-state index < -0.39 is 4.92 Å². The average molecular weight is 421 g/mol. The lowest BCUT2D eigenvalue weighted by Gasteiger charge is -2.07. The number of nitro groups is 1. The summed E-state index contributed by atoms with van der Waals surface area (Å²) in [5, 5.41) is 20.5. The minimum atomic E-state index is -0.450. The molecule has 0 saturated carbocycles. The summed E-state index contributed by atoms with van der Waals surface area (Å²) >= 11 is 7.33. The Morgan fingerprint density at radius 1 is 1.14 bits per heavy atom. The van der Waals surface area contributed by atoms with Crippen LogP contribution in [-0.2, 0) is 13.7 Å². The van der Waals surface area contributed by atoms with Gasteiger partial charge in [-0.3, -0.25) is 10.1 Å². The summed E-state index contributed by atoms with van der Waals surface area (Å²) in [6, 6.07) is 13.2. The van der Waals surface area contributed by atoms with Gasteiger partial charge in [0.1, 0.15) is 18.1 Å². The lowest BCUT2D eigenvalue weighted by Crippen LogP contribution is -2.05. The van der Waals surface area contributed by atoms with Crippen molar-refractivity contribution < 1.29 is 14.4 Å². The third-order valence-corrected chi connectivity index (χ3v) is 4.95. The highest BCUT2D eigenvalue weighted by Gasteiger charge is 2.11. The largest absolute Gasteiger partial charge is 0.492 e. The van der Waals surface area contributed by atoms with Crippen molar-refractivity contribution in [1.82, 2.24) is 14.8 Å². The molecule has 0 radical (unpaired) electrons. The summed E-state index contributed by atoms with van der Waals surface area (Å²) in [7, 11) is 1.87. The second kappa shape index (κ2) is 9.43. The lowest BCUT2D eigenvalue weighted by molar-refractivity contribution is -0.384. The van der Waals surface area contributed by atoms with Gasteiger partial charge in [-0.2, -0.15) is 0 Å². The molecule has 0 saturated heterocycles. The Balaban J connectivity index is 1.47. The first-order chi connectivity index (χ1) is 13.5. The lowest BCUT2D eigenvalue weighted by atomic mass is 10.3. The van der Waals surface area contributed by atoms with E-state index in [1.165, 1.54) is 23.9 Å². The summed E-state index contributed by atoms with van der Waals surface area (Å²) in [5.74, 6) is 2.47. The first kappa shape index (κ1) is 20.0. The molecule has 0 unspecified atom stereocenters. The summed E-state index contributed by atoms with van der Waals surface area (Å²) < 4.78 is 13.1. The van der Waals surface area contributed by atoms with Crippen LogP contribution in [0.1, 0.15) is 5.82 Å². The van der Waals surface area contributed by atoms with Crippen LogP contribution in [0.15, 0.2) is 53.7 Å². The molecule has 0 aliphatic carbocycles. The van der Waals surface area contributed by atoms with E-state index in [0.29, 0.717) is 34.7 Å². The molecule has 8 nitrogen and oxygen atoms in total. The monoisotopic (exact) mass is 420 g/mol. The van der Waals surface area contributed by atoms with Crippen LogP contribution in [0.4, 0.5) is 5.69 Å². The standard InChI is InChI=1S/C18H17ClN4O4S/c1-22-17(12-27-15-7-5-13(19)6-8-15)20-21-18(22)28-10-9-26-16-4-2-3-14(11-16)23(24)25/h2-8,11H,9-10,12H2,1H3. The maximum absolute atomic E-state index is 10.8. The molecule has 2 aromatic carbocycles. The summed E-state index contributed by atoms with van der Waals surface area (Å²) in [4.78, 5) is 10.3. The zero-order chi connectivity index (χ0) is 19.9. The van der Waals surface area contributed by atoms with Crippen LogP contribution in [0.25, 0.3) is 0 Å². The fraction of sp³-hybridized carbons (Fsp3) is 0.222. The zero-order valence-electron chi connectivity index (χ0n) is 14.9. The van der Waals surface area contributed by atoms with Crippen LogP contribution in [0.5, 0.6) is 11.5 Å². The number of rotatable bonds is 9. The molecule has 0 aliphatic rings. The maximum atomic E-state index is 10.8. The normalized spacial score (nSPS) is 10.6. The van der Waals surface area contributed by atoms with Gasteiger partial charge in [-0.25, -0.2) is 0 Å². The number of nitro benzene ring substituents is 1. The van der Waals surface area contributed by atoms with E-state index in [9.17, 15) is 10.1 Å². The van der Waals surface area contributed by atoms with Crippen LogP contribution >= 0.6 is 23.4 Å². The van der Waals surface area contributed by atoms with Crippen molar-refractivity contribution in [3.63, 3.8) is 0 Å². The van der Waals surface area contributed by atoms with Gasteiger partial charge in [-0.15, -0.1) is 10.2 Å². The Kier molecular flexibility index (Phi) is 6.72. The van der Waals surface area contributed by atoms with Crippen LogP contribution in [-0.4, -0.2) is 32.0 Å². The van der Waals surface area contributed by atoms with Crippen LogP contribution in [0.3, 0.4) is 0 Å². The number of aromatic nitrogens is 3. The molecule has 0 fully saturated rings. The van der Waals surface area contributed by atoms with Crippen molar-refractivity contribution in [2.24, 2.45) is 7.05 Å². The number of thioether (sulfide) groups is 1. The van der Waals surface area contributed by atoms with Gasteiger partial charge in [-0.1, -0.05) is 29.4 Å². The molecule has 0 N–H and O–H groups in total. The molecule has 146 valence electrons. The van der Waals surface area contributed by atoms with Crippen molar-refractivity contribution in [2.75, 3.05) is 12.4 Å². The molecule has 0 amide bonds. The van der Waals surface area contributed by atoms with E-state index in [0.717, 1.165) is 5.16 Å². The molecular formula is C18H17ClN4O4S. The molecule has 3 aromatic rings. The highest BCUT2D eigenvalue weighted by atomic mass is 35.5. The molecule has 0 bridgehead atoms. The molecule has 0 spiro atoms. The molecule has 3 rings (SSSR count). The molecule has 28 heavy (non-hydrogen) atoms. The van der Waals surface area contributed by atoms with Crippen molar-refractivity contribution in [3.05, 3.63) is 69.5 Å². The first-order valence-electron chi connectivity index (χ1n) is 8.29. The molecule has 1 aromatic heterocycles. The number of hydrogen-bond donors (Lipinski definition) is 0. The quantitative estimate of drug-likeness (QED) is 0.222. The second-order valence-electron chi connectivity index (χ2n) is 5.65. The predicted octanol–water partition coefficient (Wildman–Crippen LogP) is 4.13. The number of hydrogen-bond acceptors (Lipinski definition) is 7. The highest BCUT2D eigenvalue weighted by molar-refractivity contribution is 7.99. The Morgan fingerprint density at radius 2 is 1.93 bits per heavy atom. The number of halogens is 1. The third-order valence-electron chi connectivity index (χ3n) is 3.72. The Labute approximate surface area is 170 Å². The van der Waals surface area contributed by atoms with Crippen molar-refractivity contribution in [3.8, 4) is 11.5 Å². The van der Waals surface area contributed by atoms with Gasteiger partial charge in [0.2, 0.25) is 0 Å². The van der Waals surface area contributed by atoms with Gasteiger partial charge in [0.05, 0.1) is 17.6 Å². The molecular weight excluding hydrogens is 404 g/mol. The molecule has 0 atom stereocenters. The van der Waals surface area contributed by atoms with Crippen LogP contribution in [0.2, 0.25) is 5.02 Å². The highest BCUT2D eigenvalue weighted by Crippen LogP contribution is 2.21. The fourth-order valence-corrected chi connectivity index (χ4v) is 3.13. The number of benzene rings is 2. The number of nitrogens with zero attached hydrogens (tertiary/aromatic N) is 4. The van der Waals surface area contributed by atoms with E-state index in [-0.39, 0.29) is 12.3 Å². The van der Waals surface area contributed by atoms with Crippen LogP contribution < -0.4 is 9.47 Å². The fourth-order valence-electron chi connectivity index (χ4n) is 2.25. The van der Waals surface area contributed by atoms with E-state index in [1.54, 1.807) is 36.4 Å². The number of ether oxygens (including phenoxy) is 2. The van der Waals surface area contributed by atoms with E-state index >= 15 is 0 Å². The second-order valence-corrected chi connectivity index (χ2v) is 7.15. The third kappa shape index (κ3) is 5.37.